The number of halogens is 1. The standard InChI is InChI=1S/C10H10ClN3O/c1-6-4-10(14-13-6)15-9-5-7(11)2-3-8(9)12/h2-5H,12H2,1H3,(H,13,14). The molecule has 0 atom stereocenters. The minimum Gasteiger partial charge on any atom is -0.435 e. The van der Waals surface area contributed by atoms with Gasteiger partial charge < -0.3 is 10.5 Å². The van der Waals surface area contributed by atoms with Crippen LogP contribution in [0.4, 0.5) is 5.69 Å². The molecule has 0 unspecified atom stereocenters. The average Bonchev–Trinajstić information content (AvgIpc) is 2.58. The van der Waals surface area contributed by atoms with Crippen molar-refractivity contribution >= 4 is 17.3 Å². The molecule has 0 aliphatic heterocycles. The van der Waals surface area contributed by atoms with E-state index >= 15 is 0 Å². The minimum atomic E-state index is 0.474. The van der Waals surface area contributed by atoms with Gasteiger partial charge in [-0.15, -0.1) is 5.10 Å². The monoisotopic (exact) mass is 223 g/mol. The van der Waals surface area contributed by atoms with Crippen molar-refractivity contribution in [2.45, 2.75) is 6.92 Å². The number of nitrogens with one attached hydrogen (secondary N) is 1. The topological polar surface area (TPSA) is 63.9 Å². The van der Waals surface area contributed by atoms with Gasteiger partial charge in [-0.3, -0.25) is 5.10 Å². The molecule has 2 rings (SSSR count). The number of nitrogens with two attached hydrogens (primary N) is 1. The van der Waals surface area contributed by atoms with E-state index in [-0.39, 0.29) is 0 Å². The van der Waals surface area contributed by atoms with Crippen LogP contribution in [0.5, 0.6) is 11.6 Å². The van der Waals surface area contributed by atoms with Crippen molar-refractivity contribution < 1.29 is 4.74 Å². The number of ether oxygens (including phenoxy) is 1. The Morgan fingerprint density at radius 1 is 1.40 bits per heavy atom. The lowest BCUT2D eigenvalue weighted by molar-refractivity contribution is 0.464. The first-order valence-electron chi connectivity index (χ1n) is 4.40. The zero-order valence-electron chi connectivity index (χ0n) is 8.12. The fourth-order valence-electron chi connectivity index (χ4n) is 1.15. The van der Waals surface area contributed by atoms with Gasteiger partial charge in [0.05, 0.1) is 5.69 Å². The molecule has 0 bridgehead atoms. The van der Waals surface area contributed by atoms with Crippen molar-refractivity contribution in [2.75, 3.05) is 5.73 Å². The summed E-state index contributed by atoms with van der Waals surface area (Å²) >= 11 is 5.82. The van der Waals surface area contributed by atoms with E-state index in [1.165, 1.54) is 0 Å². The summed E-state index contributed by atoms with van der Waals surface area (Å²) in [4.78, 5) is 0. The lowest BCUT2D eigenvalue weighted by atomic mass is 10.3. The molecule has 2 aromatic rings. The second-order valence-corrected chi connectivity index (χ2v) is 3.61. The van der Waals surface area contributed by atoms with E-state index in [1.54, 1.807) is 24.3 Å². The van der Waals surface area contributed by atoms with Crippen molar-refractivity contribution in [3.63, 3.8) is 0 Å². The van der Waals surface area contributed by atoms with Crippen LogP contribution >= 0.6 is 11.6 Å². The van der Waals surface area contributed by atoms with Gasteiger partial charge in [-0.1, -0.05) is 11.6 Å². The molecule has 5 heteroatoms. The Kier molecular flexibility index (Phi) is 2.51. The molecular formula is C10H10ClN3O. The number of H-pyrrole nitrogens is 1. The first kappa shape index (κ1) is 9.86. The number of aromatic nitrogens is 2. The summed E-state index contributed by atoms with van der Waals surface area (Å²) in [6.45, 7) is 1.89. The van der Waals surface area contributed by atoms with Crippen LogP contribution in [0.2, 0.25) is 5.02 Å². The maximum absolute atomic E-state index is 5.82. The first-order valence-corrected chi connectivity index (χ1v) is 4.78. The molecule has 78 valence electrons. The maximum atomic E-state index is 5.82. The predicted octanol–water partition coefficient (Wildman–Crippen LogP) is 2.75. The number of hydrogen-bond donors (Lipinski definition) is 2. The van der Waals surface area contributed by atoms with Gasteiger partial charge in [0, 0.05) is 22.8 Å². The third kappa shape index (κ3) is 2.22. The number of nitrogens with zero attached hydrogens (tertiary/aromatic N) is 1. The van der Waals surface area contributed by atoms with Gasteiger partial charge in [0.1, 0.15) is 0 Å². The first-order chi connectivity index (χ1) is 7.15. The number of benzene rings is 1. The Balaban J connectivity index is 2.27. The number of aromatic amines is 1. The summed E-state index contributed by atoms with van der Waals surface area (Å²) in [6.07, 6.45) is 0. The third-order valence-corrected chi connectivity index (χ3v) is 2.11. The summed E-state index contributed by atoms with van der Waals surface area (Å²) in [7, 11) is 0. The maximum Gasteiger partial charge on any atom is 0.238 e. The van der Waals surface area contributed by atoms with Crippen molar-refractivity contribution in [3.05, 3.63) is 35.0 Å². The summed E-state index contributed by atoms with van der Waals surface area (Å²) in [6, 6.07) is 6.83. The SMILES string of the molecule is Cc1cc(Oc2cc(Cl)ccc2N)n[nH]1. The van der Waals surface area contributed by atoms with E-state index in [9.17, 15) is 0 Å². The number of hydrogen-bond acceptors (Lipinski definition) is 3. The van der Waals surface area contributed by atoms with Crippen LogP contribution in [0.25, 0.3) is 0 Å². The Hall–Kier alpha value is -1.68. The zero-order chi connectivity index (χ0) is 10.8. The van der Waals surface area contributed by atoms with Crippen LogP contribution in [-0.4, -0.2) is 10.2 Å². The van der Waals surface area contributed by atoms with Crippen molar-refractivity contribution in [1.82, 2.24) is 10.2 Å². The van der Waals surface area contributed by atoms with Gasteiger partial charge in [0.25, 0.3) is 0 Å². The smallest absolute Gasteiger partial charge is 0.238 e. The summed E-state index contributed by atoms with van der Waals surface area (Å²) in [5.41, 5.74) is 7.17. The van der Waals surface area contributed by atoms with E-state index in [0.717, 1.165) is 5.69 Å². The van der Waals surface area contributed by atoms with Crippen LogP contribution in [0, 0.1) is 6.92 Å². The van der Waals surface area contributed by atoms with Crippen LogP contribution in [0.1, 0.15) is 5.69 Å². The fourth-order valence-corrected chi connectivity index (χ4v) is 1.32. The predicted molar refractivity (Wildman–Crippen MR) is 59.3 cm³/mol. The molecule has 1 aromatic carbocycles. The molecule has 0 saturated carbocycles. The second kappa shape index (κ2) is 3.82. The zero-order valence-corrected chi connectivity index (χ0v) is 8.88. The van der Waals surface area contributed by atoms with E-state index in [0.29, 0.717) is 22.3 Å². The van der Waals surface area contributed by atoms with Gasteiger partial charge in [-0.25, -0.2) is 0 Å². The van der Waals surface area contributed by atoms with Gasteiger partial charge in [-0.05, 0) is 19.1 Å². The largest absolute Gasteiger partial charge is 0.435 e. The van der Waals surface area contributed by atoms with Crippen molar-refractivity contribution in [1.29, 1.82) is 0 Å². The molecular weight excluding hydrogens is 214 g/mol. The molecule has 0 spiro atoms. The minimum absolute atomic E-state index is 0.474. The van der Waals surface area contributed by atoms with Gasteiger partial charge >= 0.3 is 0 Å². The highest BCUT2D eigenvalue weighted by molar-refractivity contribution is 6.30. The van der Waals surface area contributed by atoms with Gasteiger partial charge in [0.15, 0.2) is 5.75 Å². The normalized spacial score (nSPS) is 10.3. The molecule has 0 amide bonds. The lowest BCUT2D eigenvalue weighted by Crippen LogP contribution is -1.91. The Morgan fingerprint density at radius 3 is 2.87 bits per heavy atom. The molecule has 0 radical (unpaired) electrons. The van der Waals surface area contributed by atoms with Crippen LogP contribution in [-0.2, 0) is 0 Å². The van der Waals surface area contributed by atoms with Gasteiger partial charge in [0.2, 0.25) is 5.88 Å². The van der Waals surface area contributed by atoms with Crippen molar-refractivity contribution in [2.24, 2.45) is 0 Å². The average molecular weight is 224 g/mol. The Bertz CT molecular complexity index is 481. The molecule has 0 fully saturated rings. The quantitative estimate of drug-likeness (QED) is 0.770. The van der Waals surface area contributed by atoms with Crippen LogP contribution in [0.3, 0.4) is 0 Å². The molecule has 0 aliphatic carbocycles. The van der Waals surface area contributed by atoms with E-state index in [2.05, 4.69) is 10.2 Å². The second-order valence-electron chi connectivity index (χ2n) is 3.17. The highest BCUT2D eigenvalue weighted by Crippen LogP contribution is 2.29. The fraction of sp³-hybridized carbons (Fsp3) is 0.100. The summed E-state index contributed by atoms with van der Waals surface area (Å²) in [5, 5.41) is 7.29. The van der Waals surface area contributed by atoms with Crippen molar-refractivity contribution in [3.8, 4) is 11.6 Å². The number of nitrogen functional groups attached to an aromatic ring is 1. The Morgan fingerprint density at radius 2 is 2.20 bits per heavy atom. The summed E-state index contributed by atoms with van der Waals surface area (Å²) < 4.78 is 5.46. The van der Waals surface area contributed by atoms with E-state index < -0.39 is 0 Å². The van der Waals surface area contributed by atoms with Gasteiger partial charge in [-0.2, -0.15) is 0 Å². The molecule has 1 heterocycles. The molecule has 15 heavy (non-hydrogen) atoms. The van der Waals surface area contributed by atoms with Crippen LogP contribution < -0.4 is 10.5 Å². The highest BCUT2D eigenvalue weighted by Gasteiger charge is 2.05. The molecule has 4 nitrogen and oxygen atoms in total. The highest BCUT2D eigenvalue weighted by atomic mass is 35.5. The van der Waals surface area contributed by atoms with E-state index in [4.69, 9.17) is 22.1 Å². The summed E-state index contributed by atoms with van der Waals surface area (Å²) in [5.74, 6) is 0.982. The molecule has 0 saturated heterocycles. The lowest BCUT2D eigenvalue weighted by Gasteiger charge is -2.05. The van der Waals surface area contributed by atoms with E-state index in [1.807, 2.05) is 6.92 Å². The molecule has 0 aliphatic rings. The molecule has 3 N–H and O–H groups in total. The Labute approximate surface area is 92.0 Å². The molecule has 1 aromatic heterocycles. The number of aryl methyl sites for hydroxylation is 1. The number of rotatable bonds is 2. The van der Waals surface area contributed by atoms with Crippen LogP contribution in [0.15, 0.2) is 24.3 Å². The number of anilines is 1. The third-order valence-electron chi connectivity index (χ3n) is 1.87.